The third-order valence-corrected chi connectivity index (χ3v) is 4.90. The molecule has 1 fully saturated rings. The standard InChI is InChI=1S/C18H26O2/c19-16(10-11-17-8-4-12-20-17)13-15-7-3-6-14-5-1-2-9-18(14)15/h1-2,5,9,15-17,19H,3-4,6-8,10-13H2. The average Bonchev–Trinajstić information content (AvgIpc) is 2.99. The number of hydrogen-bond donors (Lipinski definition) is 1. The quantitative estimate of drug-likeness (QED) is 0.884. The van der Waals surface area contributed by atoms with Crippen LogP contribution in [0.4, 0.5) is 0 Å². The Balaban J connectivity index is 1.52. The van der Waals surface area contributed by atoms with Crippen LogP contribution in [0, 0.1) is 0 Å². The first kappa shape index (κ1) is 14.1. The molecular weight excluding hydrogens is 248 g/mol. The van der Waals surface area contributed by atoms with Gasteiger partial charge in [0, 0.05) is 6.61 Å². The molecule has 0 aromatic heterocycles. The van der Waals surface area contributed by atoms with Gasteiger partial charge in [0.2, 0.25) is 0 Å². The Morgan fingerprint density at radius 1 is 1.20 bits per heavy atom. The molecule has 1 aliphatic heterocycles. The minimum Gasteiger partial charge on any atom is -0.393 e. The summed E-state index contributed by atoms with van der Waals surface area (Å²) in [5.41, 5.74) is 2.98. The molecule has 0 amide bonds. The van der Waals surface area contributed by atoms with E-state index in [0.29, 0.717) is 12.0 Å². The van der Waals surface area contributed by atoms with Crippen molar-refractivity contribution in [3.05, 3.63) is 35.4 Å². The van der Waals surface area contributed by atoms with Crippen LogP contribution < -0.4 is 0 Å². The first-order valence-corrected chi connectivity index (χ1v) is 8.20. The fourth-order valence-corrected chi connectivity index (χ4v) is 3.80. The van der Waals surface area contributed by atoms with Crippen LogP contribution in [0.2, 0.25) is 0 Å². The van der Waals surface area contributed by atoms with Crippen molar-refractivity contribution in [1.82, 2.24) is 0 Å². The zero-order valence-electron chi connectivity index (χ0n) is 12.3. The van der Waals surface area contributed by atoms with Gasteiger partial charge in [-0.05, 0) is 68.4 Å². The number of rotatable bonds is 5. The molecule has 0 spiro atoms. The molecule has 1 saturated heterocycles. The molecule has 3 atom stereocenters. The topological polar surface area (TPSA) is 29.5 Å². The molecule has 110 valence electrons. The number of aliphatic hydroxyl groups excluding tert-OH is 1. The van der Waals surface area contributed by atoms with Gasteiger partial charge < -0.3 is 9.84 Å². The van der Waals surface area contributed by atoms with E-state index in [-0.39, 0.29) is 6.10 Å². The molecule has 1 heterocycles. The molecule has 2 nitrogen and oxygen atoms in total. The summed E-state index contributed by atoms with van der Waals surface area (Å²) >= 11 is 0. The van der Waals surface area contributed by atoms with E-state index in [9.17, 15) is 5.11 Å². The summed E-state index contributed by atoms with van der Waals surface area (Å²) in [5.74, 6) is 0.555. The summed E-state index contributed by atoms with van der Waals surface area (Å²) in [6.07, 6.45) is 9.14. The largest absolute Gasteiger partial charge is 0.393 e. The van der Waals surface area contributed by atoms with Gasteiger partial charge in [-0.15, -0.1) is 0 Å². The number of fused-ring (bicyclic) bond motifs is 1. The Hall–Kier alpha value is -0.860. The van der Waals surface area contributed by atoms with Gasteiger partial charge in [-0.1, -0.05) is 24.3 Å². The lowest BCUT2D eigenvalue weighted by molar-refractivity contribution is 0.0761. The average molecular weight is 274 g/mol. The van der Waals surface area contributed by atoms with E-state index in [1.54, 1.807) is 0 Å². The molecule has 3 rings (SSSR count). The molecule has 2 aliphatic rings. The summed E-state index contributed by atoms with van der Waals surface area (Å²) in [6, 6.07) is 8.77. The third-order valence-electron chi connectivity index (χ3n) is 4.90. The predicted octanol–water partition coefficient (Wildman–Crippen LogP) is 3.82. The van der Waals surface area contributed by atoms with Gasteiger partial charge in [-0.3, -0.25) is 0 Å². The van der Waals surface area contributed by atoms with E-state index in [1.807, 2.05) is 0 Å². The summed E-state index contributed by atoms with van der Waals surface area (Å²) in [6.45, 7) is 0.913. The molecule has 1 N–H and O–H groups in total. The van der Waals surface area contributed by atoms with Crippen LogP contribution in [0.25, 0.3) is 0 Å². The first-order valence-electron chi connectivity index (χ1n) is 8.20. The van der Waals surface area contributed by atoms with E-state index >= 15 is 0 Å². The summed E-state index contributed by atoms with van der Waals surface area (Å²) < 4.78 is 5.64. The molecule has 0 saturated carbocycles. The van der Waals surface area contributed by atoms with Gasteiger partial charge in [0.25, 0.3) is 0 Å². The molecule has 1 aromatic rings. The van der Waals surface area contributed by atoms with Crippen LogP contribution in [-0.4, -0.2) is 23.9 Å². The van der Waals surface area contributed by atoms with Gasteiger partial charge in [-0.2, -0.15) is 0 Å². The van der Waals surface area contributed by atoms with E-state index in [2.05, 4.69) is 24.3 Å². The molecule has 0 bridgehead atoms. The highest BCUT2D eigenvalue weighted by molar-refractivity contribution is 5.32. The fourth-order valence-electron chi connectivity index (χ4n) is 3.80. The molecule has 1 aromatic carbocycles. The summed E-state index contributed by atoms with van der Waals surface area (Å²) in [4.78, 5) is 0. The van der Waals surface area contributed by atoms with E-state index < -0.39 is 0 Å². The van der Waals surface area contributed by atoms with E-state index in [0.717, 1.165) is 25.9 Å². The van der Waals surface area contributed by atoms with Crippen LogP contribution in [0.3, 0.4) is 0 Å². The second-order valence-corrected chi connectivity index (χ2v) is 6.39. The van der Waals surface area contributed by atoms with Crippen LogP contribution in [-0.2, 0) is 11.2 Å². The maximum Gasteiger partial charge on any atom is 0.0577 e. The van der Waals surface area contributed by atoms with Crippen LogP contribution >= 0.6 is 0 Å². The van der Waals surface area contributed by atoms with Crippen LogP contribution in [0.1, 0.15) is 62.0 Å². The highest BCUT2D eigenvalue weighted by Crippen LogP contribution is 2.35. The summed E-state index contributed by atoms with van der Waals surface area (Å²) in [5, 5.41) is 10.3. The molecule has 20 heavy (non-hydrogen) atoms. The smallest absolute Gasteiger partial charge is 0.0577 e. The first-order chi connectivity index (χ1) is 9.83. The second kappa shape index (κ2) is 6.73. The number of benzene rings is 1. The zero-order valence-corrected chi connectivity index (χ0v) is 12.3. The maximum absolute atomic E-state index is 10.3. The van der Waals surface area contributed by atoms with Gasteiger partial charge in [0.1, 0.15) is 0 Å². The van der Waals surface area contributed by atoms with Crippen molar-refractivity contribution in [3.8, 4) is 0 Å². The predicted molar refractivity (Wildman–Crippen MR) is 81.0 cm³/mol. The minimum absolute atomic E-state index is 0.171. The normalized spacial score (nSPS) is 27.2. The SMILES string of the molecule is OC(CCC1CCCO1)CC1CCCc2ccccc21. The van der Waals surface area contributed by atoms with Crippen molar-refractivity contribution in [2.75, 3.05) is 6.61 Å². The van der Waals surface area contributed by atoms with Gasteiger partial charge in [0.05, 0.1) is 12.2 Å². The third kappa shape index (κ3) is 3.42. The lowest BCUT2D eigenvalue weighted by Gasteiger charge is -2.27. The monoisotopic (exact) mass is 274 g/mol. The molecular formula is C18H26O2. The second-order valence-electron chi connectivity index (χ2n) is 6.39. The van der Waals surface area contributed by atoms with E-state index in [4.69, 9.17) is 4.74 Å². The molecule has 3 unspecified atom stereocenters. The number of hydrogen-bond acceptors (Lipinski definition) is 2. The molecule has 1 aliphatic carbocycles. The minimum atomic E-state index is -0.171. The summed E-state index contributed by atoms with van der Waals surface area (Å²) in [7, 11) is 0. The van der Waals surface area contributed by atoms with Gasteiger partial charge in [0.15, 0.2) is 0 Å². The number of aryl methyl sites for hydroxylation is 1. The van der Waals surface area contributed by atoms with Crippen molar-refractivity contribution < 1.29 is 9.84 Å². The zero-order chi connectivity index (χ0) is 13.8. The molecule has 2 heteroatoms. The highest BCUT2D eigenvalue weighted by Gasteiger charge is 2.23. The van der Waals surface area contributed by atoms with E-state index in [1.165, 1.54) is 43.2 Å². The number of ether oxygens (including phenoxy) is 1. The van der Waals surface area contributed by atoms with Crippen LogP contribution in [0.5, 0.6) is 0 Å². The Labute approximate surface area is 122 Å². The Morgan fingerprint density at radius 3 is 2.95 bits per heavy atom. The Kier molecular flexibility index (Phi) is 4.74. The lowest BCUT2D eigenvalue weighted by Crippen LogP contribution is -2.18. The number of aliphatic hydroxyl groups is 1. The van der Waals surface area contributed by atoms with Gasteiger partial charge >= 0.3 is 0 Å². The lowest BCUT2D eigenvalue weighted by atomic mass is 9.79. The molecule has 0 radical (unpaired) electrons. The Morgan fingerprint density at radius 2 is 2.10 bits per heavy atom. The van der Waals surface area contributed by atoms with Gasteiger partial charge in [-0.25, -0.2) is 0 Å². The van der Waals surface area contributed by atoms with Crippen LogP contribution in [0.15, 0.2) is 24.3 Å². The van der Waals surface area contributed by atoms with Crippen molar-refractivity contribution in [2.24, 2.45) is 0 Å². The highest BCUT2D eigenvalue weighted by atomic mass is 16.5. The van der Waals surface area contributed by atoms with Crippen molar-refractivity contribution in [2.45, 2.75) is 69.5 Å². The van der Waals surface area contributed by atoms with Crippen molar-refractivity contribution in [1.29, 1.82) is 0 Å². The van der Waals surface area contributed by atoms with Crippen molar-refractivity contribution in [3.63, 3.8) is 0 Å². The maximum atomic E-state index is 10.3. The van der Waals surface area contributed by atoms with Crippen molar-refractivity contribution >= 4 is 0 Å². The Bertz CT molecular complexity index is 423. The fraction of sp³-hybridized carbons (Fsp3) is 0.667.